The molecule has 1 aliphatic rings. The van der Waals surface area contributed by atoms with Crippen LogP contribution in [0.1, 0.15) is 11.1 Å². The Balaban J connectivity index is 1.89. The Morgan fingerprint density at radius 1 is 1.19 bits per heavy atom. The van der Waals surface area contributed by atoms with Gasteiger partial charge in [0.15, 0.2) is 0 Å². The molecular formula is C20H21ClN2O3. The normalized spacial score (nSPS) is 14.5. The largest absolute Gasteiger partial charge is 0.496 e. The molecule has 136 valence electrons. The fourth-order valence-electron chi connectivity index (χ4n) is 2.71. The minimum absolute atomic E-state index is 0.157. The molecule has 2 aromatic rings. The van der Waals surface area contributed by atoms with E-state index in [4.69, 9.17) is 21.1 Å². The minimum atomic E-state index is -0.157. The number of nitrogens with zero attached hydrogens (tertiary/aromatic N) is 1. The van der Waals surface area contributed by atoms with Crippen LogP contribution >= 0.6 is 11.6 Å². The van der Waals surface area contributed by atoms with Crippen molar-refractivity contribution in [2.24, 2.45) is 0 Å². The molecular weight excluding hydrogens is 352 g/mol. The maximum atomic E-state index is 12.3. The number of benzene rings is 2. The Hall–Kier alpha value is -2.50. The summed E-state index contributed by atoms with van der Waals surface area (Å²) in [6.45, 7) is 1.41. The van der Waals surface area contributed by atoms with E-state index in [0.717, 1.165) is 29.1 Å². The highest BCUT2D eigenvalue weighted by Gasteiger charge is 2.24. The molecule has 26 heavy (non-hydrogen) atoms. The van der Waals surface area contributed by atoms with E-state index in [9.17, 15) is 4.79 Å². The second-order valence-electron chi connectivity index (χ2n) is 6.26. The summed E-state index contributed by atoms with van der Waals surface area (Å²) in [5.41, 5.74) is 2.90. The number of rotatable bonds is 6. The van der Waals surface area contributed by atoms with Gasteiger partial charge in [0.05, 0.1) is 7.11 Å². The van der Waals surface area contributed by atoms with Gasteiger partial charge < -0.3 is 19.7 Å². The molecule has 0 bridgehead atoms. The lowest BCUT2D eigenvalue weighted by Gasteiger charge is -2.13. The zero-order chi connectivity index (χ0) is 18.7. The smallest absolute Gasteiger partial charge is 0.256 e. The zero-order valence-corrected chi connectivity index (χ0v) is 15.8. The molecule has 0 atom stereocenters. The van der Waals surface area contributed by atoms with Gasteiger partial charge in [0.1, 0.15) is 18.1 Å². The first-order valence-electron chi connectivity index (χ1n) is 8.26. The van der Waals surface area contributed by atoms with Gasteiger partial charge in [-0.25, -0.2) is 0 Å². The van der Waals surface area contributed by atoms with Gasteiger partial charge in [-0.1, -0.05) is 11.6 Å². The fourth-order valence-corrected chi connectivity index (χ4v) is 2.88. The second kappa shape index (κ2) is 7.81. The van der Waals surface area contributed by atoms with E-state index in [1.807, 2.05) is 32.3 Å². The van der Waals surface area contributed by atoms with Crippen molar-refractivity contribution in [1.29, 1.82) is 0 Å². The number of nitrogens with one attached hydrogen (secondary N) is 1. The Morgan fingerprint density at radius 2 is 2.00 bits per heavy atom. The molecule has 0 saturated carbocycles. The number of hydrogen-bond donors (Lipinski definition) is 1. The van der Waals surface area contributed by atoms with Crippen LogP contribution in [0.25, 0.3) is 11.6 Å². The second-order valence-corrected chi connectivity index (χ2v) is 6.69. The molecule has 0 spiro atoms. The molecule has 6 heteroatoms. The van der Waals surface area contributed by atoms with E-state index in [0.29, 0.717) is 23.0 Å². The van der Waals surface area contributed by atoms with Gasteiger partial charge in [-0.3, -0.25) is 4.79 Å². The molecule has 0 radical (unpaired) electrons. The van der Waals surface area contributed by atoms with E-state index in [1.54, 1.807) is 31.4 Å². The molecule has 5 nitrogen and oxygen atoms in total. The lowest BCUT2D eigenvalue weighted by Crippen LogP contribution is -2.19. The summed E-state index contributed by atoms with van der Waals surface area (Å²) >= 11 is 6.08. The molecule has 3 rings (SSSR count). The Morgan fingerprint density at radius 3 is 2.73 bits per heavy atom. The van der Waals surface area contributed by atoms with E-state index in [-0.39, 0.29) is 5.91 Å². The minimum Gasteiger partial charge on any atom is -0.496 e. The predicted molar refractivity (Wildman–Crippen MR) is 105 cm³/mol. The van der Waals surface area contributed by atoms with Crippen molar-refractivity contribution < 1.29 is 14.3 Å². The quantitative estimate of drug-likeness (QED) is 0.784. The van der Waals surface area contributed by atoms with Crippen LogP contribution in [0, 0.1) is 0 Å². The summed E-state index contributed by atoms with van der Waals surface area (Å²) in [7, 11) is 5.59. The van der Waals surface area contributed by atoms with Crippen LogP contribution in [0.4, 0.5) is 5.69 Å². The van der Waals surface area contributed by atoms with Gasteiger partial charge in [-0.2, -0.15) is 0 Å². The molecule has 1 N–H and O–H groups in total. The van der Waals surface area contributed by atoms with Crippen molar-refractivity contribution in [2.75, 3.05) is 39.7 Å². The zero-order valence-electron chi connectivity index (χ0n) is 15.0. The van der Waals surface area contributed by atoms with Gasteiger partial charge in [0.2, 0.25) is 0 Å². The number of fused-ring (bicyclic) bond motifs is 1. The molecule has 0 aliphatic carbocycles. The predicted octanol–water partition coefficient (Wildman–Crippen LogP) is 3.78. The molecule has 0 fully saturated rings. The van der Waals surface area contributed by atoms with Crippen molar-refractivity contribution in [2.45, 2.75) is 0 Å². The molecule has 0 saturated heterocycles. The van der Waals surface area contributed by atoms with Crippen LogP contribution in [0.2, 0.25) is 5.02 Å². The number of amides is 1. The lowest BCUT2D eigenvalue weighted by molar-refractivity contribution is -0.110. The third-order valence-corrected chi connectivity index (χ3v) is 4.31. The fraction of sp³-hybridized carbons (Fsp3) is 0.250. The van der Waals surface area contributed by atoms with Gasteiger partial charge in [-0.05, 0) is 50.5 Å². The third-order valence-electron chi connectivity index (χ3n) is 4.08. The summed E-state index contributed by atoms with van der Waals surface area (Å²) < 4.78 is 11.2. The molecule has 0 aromatic heterocycles. The summed E-state index contributed by atoms with van der Waals surface area (Å²) in [6.07, 6.45) is 1.81. The van der Waals surface area contributed by atoms with Crippen molar-refractivity contribution in [3.63, 3.8) is 0 Å². The molecule has 1 amide bonds. The summed E-state index contributed by atoms with van der Waals surface area (Å²) in [5, 5.41) is 3.43. The van der Waals surface area contributed by atoms with Gasteiger partial charge >= 0.3 is 0 Å². The van der Waals surface area contributed by atoms with Gasteiger partial charge in [0, 0.05) is 40.0 Å². The number of methoxy groups -OCH3 is 1. The van der Waals surface area contributed by atoms with Crippen molar-refractivity contribution >= 4 is 34.8 Å². The topological polar surface area (TPSA) is 50.8 Å². The number of ether oxygens (including phenoxy) is 2. The van der Waals surface area contributed by atoms with Crippen LogP contribution < -0.4 is 14.8 Å². The average molecular weight is 373 g/mol. The van der Waals surface area contributed by atoms with E-state index < -0.39 is 0 Å². The SMILES string of the molecule is COc1cc(OCCN(C)C)ccc1/C=C1/C(=O)Nc2ccc(Cl)cc21. The summed E-state index contributed by atoms with van der Waals surface area (Å²) in [5.74, 6) is 1.21. The van der Waals surface area contributed by atoms with Crippen LogP contribution in [-0.4, -0.2) is 45.2 Å². The average Bonchev–Trinajstić information content (AvgIpc) is 2.91. The highest BCUT2D eigenvalue weighted by Crippen LogP contribution is 2.36. The standard InChI is InChI=1S/C20H21ClN2O3/c1-23(2)8-9-26-15-6-4-13(19(12-15)25-3)10-17-16-11-14(21)5-7-18(16)22-20(17)24/h4-7,10-12H,8-9H2,1-3H3,(H,22,24)/b17-10+. The van der Waals surface area contributed by atoms with Crippen LogP contribution in [0.15, 0.2) is 36.4 Å². The van der Waals surface area contributed by atoms with Crippen molar-refractivity contribution in [1.82, 2.24) is 4.90 Å². The number of hydrogen-bond acceptors (Lipinski definition) is 4. The molecule has 1 aliphatic heterocycles. The molecule has 1 heterocycles. The number of likely N-dealkylation sites (N-methyl/N-ethyl adjacent to an activating group) is 1. The van der Waals surface area contributed by atoms with Crippen molar-refractivity contribution in [3.05, 3.63) is 52.5 Å². The van der Waals surface area contributed by atoms with Crippen LogP contribution in [0.3, 0.4) is 0 Å². The summed E-state index contributed by atoms with van der Waals surface area (Å²) in [6, 6.07) is 10.9. The highest BCUT2D eigenvalue weighted by atomic mass is 35.5. The first-order chi connectivity index (χ1) is 12.5. The first kappa shape index (κ1) is 18.3. The maximum absolute atomic E-state index is 12.3. The number of carbonyl (C=O) groups is 1. The summed E-state index contributed by atoms with van der Waals surface area (Å²) in [4.78, 5) is 14.4. The highest BCUT2D eigenvalue weighted by molar-refractivity contribution is 6.36. The van der Waals surface area contributed by atoms with Crippen LogP contribution in [0.5, 0.6) is 11.5 Å². The maximum Gasteiger partial charge on any atom is 0.256 e. The third kappa shape index (κ3) is 4.00. The lowest BCUT2D eigenvalue weighted by atomic mass is 10.0. The van der Waals surface area contributed by atoms with Gasteiger partial charge in [-0.15, -0.1) is 0 Å². The Bertz CT molecular complexity index is 862. The Kier molecular flexibility index (Phi) is 5.49. The Labute approximate surface area is 158 Å². The van der Waals surface area contributed by atoms with Crippen LogP contribution in [-0.2, 0) is 4.79 Å². The number of carbonyl (C=O) groups excluding carboxylic acids is 1. The first-order valence-corrected chi connectivity index (χ1v) is 8.64. The number of halogens is 1. The van der Waals surface area contributed by atoms with E-state index in [2.05, 4.69) is 10.2 Å². The monoisotopic (exact) mass is 372 g/mol. The van der Waals surface area contributed by atoms with E-state index >= 15 is 0 Å². The van der Waals surface area contributed by atoms with E-state index in [1.165, 1.54) is 0 Å². The van der Waals surface area contributed by atoms with Gasteiger partial charge in [0.25, 0.3) is 5.91 Å². The molecule has 2 aromatic carbocycles. The molecule has 0 unspecified atom stereocenters. The van der Waals surface area contributed by atoms with Crippen molar-refractivity contribution in [3.8, 4) is 11.5 Å². The number of anilines is 1.